The molecule has 0 aliphatic heterocycles. The first kappa shape index (κ1) is 18.9. The van der Waals surface area contributed by atoms with E-state index in [4.69, 9.17) is 0 Å². The summed E-state index contributed by atoms with van der Waals surface area (Å²) < 4.78 is 4.83. The molecule has 0 spiro atoms. The smallest absolute Gasteiger partial charge is 0.0497 e. The highest BCUT2D eigenvalue weighted by Crippen LogP contribution is 2.35. The molecule has 0 saturated heterocycles. The molecule has 32 heavy (non-hydrogen) atoms. The van der Waals surface area contributed by atoms with Crippen LogP contribution < -0.4 is 0 Å². The van der Waals surface area contributed by atoms with Gasteiger partial charge in [0, 0.05) is 56.7 Å². The van der Waals surface area contributed by atoms with Crippen LogP contribution in [0.2, 0.25) is 0 Å². The van der Waals surface area contributed by atoms with E-state index in [2.05, 4.69) is 120 Å². The van der Waals surface area contributed by atoms with E-state index < -0.39 is 0 Å². The Labute approximate surface area is 188 Å². The van der Waals surface area contributed by atoms with Crippen molar-refractivity contribution >= 4 is 55.8 Å². The van der Waals surface area contributed by atoms with Gasteiger partial charge < -0.3 is 9.13 Å². The zero-order valence-electron chi connectivity index (χ0n) is 18.5. The highest BCUT2D eigenvalue weighted by atomic mass is 15.0. The predicted octanol–water partition coefficient (Wildman–Crippen LogP) is 8.11. The number of aromatic nitrogens is 2. The number of nitrogens with zero attached hydrogens (tertiary/aromatic N) is 2. The van der Waals surface area contributed by atoms with Crippen molar-refractivity contribution in [3.05, 3.63) is 96.1 Å². The Morgan fingerprint density at radius 1 is 0.500 bits per heavy atom. The van der Waals surface area contributed by atoms with Crippen LogP contribution in [0.1, 0.15) is 25.0 Å². The molecule has 0 aliphatic carbocycles. The predicted molar refractivity (Wildman–Crippen MR) is 139 cm³/mol. The van der Waals surface area contributed by atoms with Crippen molar-refractivity contribution in [1.82, 2.24) is 9.13 Å². The zero-order valence-corrected chi connectivity index (χ0v) is 18.5. The quantitative estimate of drug-likeness (QED) is 0.258. The van der Waals surface area contributed by atoms with Gasteiger partial charge in [0.05, 0.1) is 0 Å². The summed E-state index contributed by atoms with van der Waals surface area (Å²) in [6.45, 7) is 6.37. The number of hydrogen-bond donors (Lipinski definition) is 0. The van der Waals surface area contributed by atoms with E-state index in [1.54, 1.807) is 0 Å². The lowest BCUT2D eigenvalue weighted by atomic mass is 10.0. The third kappa shape index (κ3) is 2.66. The Hall–Kier alpha value is -3.78. The van der Waals surface area contributed by atoms with E-state index in [0.717, 1.165) is 13.1 Å². The second kappa shape index (κ2) is 7.42. The average Bonchev–Trinajstić information content (AvgIpc) is 3.35. The number of benzene rings is 4. The Balaban J connectivity index is 1.59. The average molecular weight is 415 g/mol. The van der Waals surface area contributed by atoms with Gasteiger partial charge >= 0.3 is 0 Å². The standard InChI is InChI=1S/C30H26N2/c1-3-31-25-15-7-5-13-23(25)29-21(11-9-17-27(29)31)19-20-22-12-10-18-28-30(22)24-14-6-8-16-26(24)32(28)4-2/h5-20H,3-4H2,1-2H3/b20-19+. The van der Waals surface area contributed by atoms with Crippen LogP contribution in [-0.2, 0) is 13.1 Å². The number of rotatable bonds is 4. The van der Waals surface area contributed by atoms with Crippen LogP contribution in [0, 0.1) is 0 Å². The maximum absolute atomic E-state index is 2.41. The molecule has 0 unspecified atom stereocenters. The van der Waals surface area contributed by atoms with Crippen LogP contribution in [0.4, 0.5) is 0 Å². The van der Waals surface area contributed by atoms with Crippen LogP contribution in [0.15, 0.2) is 84.9 Å². The third-order valence-electron chi connectivity index (χ3n) is 6.73. The lowest BCUT2D eigenvalue weighted by Crippen LogP contribution is -1.92. The van der Waals surface area contributed by atoms with Crippen LogP contribution in [-0.4, -0.2) is 9.13 Å². The summed E-state index contributed by atoms with van der Waals surface area (Å²) in [4.78, 5) is 0. The fourth-order valence-electron chi connectivity index (χ4n) is 5.39. The van der Waals surface area contributed by atoms with E-state index in [0.29, 0.717) is 0 Å². The van der Waals surface area contributed by atoms with Crippen molar-refractivity contribution in [1.29, 1.82) is 0 Å². The van der Waals surface area contributed by atoms with Crippen molar-refractivity contribution in [3.8, 4) is 0 Å². The van der Waals surface area contributed by atoms with Crippen molar-refractivity contribution in [2.45, 2.75) is 26.9 Å². The summed E-state index contributed by atoms with van der Waals surface area (Å²) in [5, 5.41) is 5.32. The highest BCUT2D eigenvalue weighted by molar-refractivity contribution is 6.14. The fourth-order valence-corrected chi connectivity index (χ4v) is 5.39. The lowest BCUT2D eigenvalue weighted by molar-refractivity contribution is 0.827. The van der Waals surface area contributed by atoms with Gasteiger partial charge in [0.25, 0.3) is 0 Å². The SMILES string of the molecule is CCn1c2ccccc2c2c(/C=C/c3cccc4c3c3ccccc3n4CC)cccc21. The topological polar surface area (TPSA) is 9.86 Å². The summed E-state index contributed by atoms with van der Waals surface area (Å²) in [6, 6.07) is 30.8. The Morgan fingerprint density at radius 3 is 1.34 bits per heavy atom. The molecule has 2 heterocycles. The molecule has 0 N–H and O–H groups in total. The molecule has 2 heteroatoms. The van der Waals surface area contributed by atoms with Crippen molar-refractivity contribution < 1.29 is 0 Å². The van der Waals surface area contributed by atoms with E-state index in [-0.39, 0.29) is 0 Å². The second-order valence-electron chi connectivity index (χ2n) is 8.34. The number of hydrogen-bond acceptors (Lipinski definition) is 0. The van der Waals surface area contributed by atoms with Crippen molar-refractivity contribution in [2.24, 2.45) is 0 Å². The number of para-hydroxylation sites is 2. The molecule has 6 aromatic rings. The minimum absolute atomic E-state index is 0.965. The van der Waals surface area contributed by atoms with Gasteiger partial charge in [0.2, 0.25) is 0 Å². The molecule has 6 rings (SSSR count). The van der Waals surface area contributed by atoms with Crippen molar-refractivity contribution in [2.75, 3.05) is 0 Å². The third-order valence-corrected chi connectivity index (χ3v) is 6.73. The van der Waals surface area contributed by atoms with Gasteiger partial charge in [0.15, 0.2) is 0 Å². The van der Waals surface area contributed by atoms with Crippen LogP contribution in [0.3, 0.4) is 0 Å². The van der Waals surface area contributed by atoms with E-state index in [1.807, 2.05) is 0 Å². The highest BCUT2D eigenvalue weighted by Gasteiger charge is 2.13. The van der Waals surface area contributed by atoms with Gasteiger partial charge in [-0.25, -0.2) is 0 Å². The minimum atomic E-state index is 0.965. The van der Waals surface area contributed by atoms with Crippen LogP contribution in [0.5, 0.6) is 0 Å². The summed E-state index contributed by atoms with van der Waals surface area (Å²) >= 11 is 0. The maximum atomic E-state index is 2.41. The minimum Gasteiger partial charge on any atom is -0.341 e. The van der Waals surface area contributed by atoms with Gasteiger partial charge in [-0.05, 0) is 49.2 Å². The van der Waals surface area contributed by atoms with E-state index >= 15 is 0 Å². The molecule has 0 fully saturated rings. The molecule has 2 aromatic heterocycles. The largest absolute Gasteiger partial charge is 0.341 e. The number of aryl methyl sites for hydroxylation is 2. The normalized spacial score (nSPS) is 12.2. The van der Waals surface area contributed by atoms with Gasteiger partial charge in [-0.15, -0.1) is 0 Å². The van der Waals surface area contributed by atoms with Crippen LogP contribution in [0.25, 0.3) is 55.8 Å². The molecular formula is C30H26N2. The molecule has 156 valence electrons. The van der Waals surface area contributed by atoms with Gasteiger partial charge in [-0.3, -0.25) is 0 Å². The maximum Gasteiger partial charge on any atom is 0.0497 e. The Bertz CT molecular complexity index is 1520. The summed E-state index contributed by atoms with van der Waals surface area (Å²) in [5.41, 5.74) is 7.75. The molecule has 0 bridgehead atoms. The number of fused-ring (bicyclic) bond motifs is 6. The Kier molecular flexibility index (Phi) is 4.39. The second-order valence-corrected chi connectivity index (χ2v) is 8.34. The molecule has 0 saturated carbocycles. The first-order valence-corrected chi connectivity index (χ1v) is 11.5. The summed E-state index contributed by atoms with van der Waals surface area (Å²) in [5.74, 6) is 0. The summed E-state index contributed by atoms with van der Waals surface area (Å²) in [7, 11) is 0. The molecular weight excluding hydrogens is 388 g/mol. The first-order valence-electron chi connectivity index (χ1n) is 11.5. The fraction of sp³-hybridized carbons (Fsp3) is 0.133. The van der Waals surface area contributed by atoms with Crippen molar-refractivity contribution in [3.63, 3.8) is 0 Å². The molecule has 0 aliphatic rings. The van der Waals surface area contributed by atoms with E-state index in [1.165, 1.54) is 54.7 Å². The van der Waals surface area contributed by atoms with Gasteiger partial charge in [0.1, 0.15) is 0 Å². The first-order chi connectivity index (χ1) is 15.8. The Morgan fingerprint density at radius 2 is 0.906 bits per heavy atom. The molecule has 0 amide bonds. The molecule has 4 aromatic carbocycles. The molecule has 0 radical (unpaired) electrons. The molecule has 0 atom stereocenters. The van der Waals surface area contributed by atoms with Gasteiger partial charge in [-0.2, -0.15) is 0 Å². The monoisotopic (exact) mass is 414 g/mol. The zero-order chi connectivity index (χ0) is 21.7. The summed E-state index contributed by atoms with van der Waals surface area (Å²) in [6.07, 6.45) is 4.59. The molecule has 2 nitrogen and oxygen atoms in total. The lowest BCUT2D eigenvalue weighted by Gasteiger charge is -2.04. The van der Waals surface area contributed by atoms with E-state index in [9.17, 15) is 0 Å². The van der Waals surface area contributed by atoms with Gasteiger partial charge in [-0.1, -0.05) is 72.8 Å². The van der Waals surface area contributed by atoms with Crippen LogP contribution >= 0.6 is 0 Å².